The highest BCUT2D eigenvalue weighted by Gasteiger charge is 2.27. The van der Waals surface area contributed by atoms with Gasteiger partial charge in [0, 0.05) is 36.4 Å². The third-order valence-corrected chi connectivity index (χ3v) is 3.35. The summed E-state index contributed by atoms with van der Waals surface area (Å²) in [5.74, 6) is 0. The Balaban J connectivity index is 2.70. The number of piperazine rings is 1. The van der Waals surface area contributed by atoms with Crippen molar-refractivity contribution in [3.05, 3.63) is 0 Å². The van der Waals surface area contributed by atoms with Crippen LogP contribution in [0, 0.1) is 0 Å². The van der Waals surface area contributed by atoms with Crippen molar-refractivity contribution in [1.29, 1.82) is 0 Å². The Labute approximate surface area is 71.1 Å². The average molecular weight is 199 g/mol. The van der Waals surface area contributed by atoms with E-state index in [0.29, 0.717) is 19.6 Å². The monoisotopic (exact) mass is 198 g/mol. The zero-order chi connectivity index (χ0) is 8.48. The van der Waals surface area contributed by atoms with E-state index in [2.05, 4.69) is 5.32 Å². The minimum absolute atomic E-state index is 0.0359. The molecule has 0 radical (unpaired) electrons. The highest BCUT2D eigenvalue weighted by molar-refractivity contribution is 8.11. The summed E-state index contributed by atoms with van der Waals surface area (Å²) in [6, 6.07) is -0.0359. The van der Waals surface area contributed by atoms with Gasteiger partial charge in [0.1, 0.15) is 0 Å². The van der Waals surface area contributed by atoms with Crippen molar-refractivity contribution < 1.29 is 8.42 Å². The average Bonchev–Trinajstić information content (AvgIpc) is 1.86. The van der Waals surface area contributed by atoms with Gasteiger partial charge in [-0.05, 0) is 6.92 Å². The minimum Gasteiger partial charge on any atom is -0.314 e. The van der Waals surface area contributed by atoms with Crippen LogP contribution in [-0.2, 0) is 9.24 Å². The van der Waals surface area contributed by atoms with Gasteiger partial charge >= 0.3 is 0 Å². The molecule has 1 aliphatic rings. The maximum Gasteiger partial charge on any atom is 0.300 e. The summed E-state index contributed by atoms with van der Waals surface area (Å²) in [5, 5.41) is 3.07. The largest absolute Gasteiger partial charge is 0.314 e. The molecule has 0 aromatic heterocycles. The molecule has 0 saturated carbocycles. The SMILES string of the molecule is C[C@H]1CNCCN1S(=O)(=O)Cl. The predicted octanol–water partition coefficient (Wildman–Crippen LogP) is -0.236. The molecule has 0 bridgehead atoms. The lowest BCUT2D eigenvalue weighted by molar-refractivity contribution is 0.289. The topological polar surface area (TPSA) is 49.4 Å². The van der Waals surface area contributed by atoms with Crippen LogP contribution in [-0.4, -0.2) is 38.4 Å². The molecule has 0 aromatic rings. The number of hydrogen-bond acceptors (Lipinski definition) is 3. The van der Waals surface area contributed by atoms with Gasteiger partial charge in [0.25, 0.3) is 9.24 Å². The van der Waals surface area contributed by atoms with Gasteiger partial charge < -0.3 is 5.32 Å². The molecular formula is C5H11ClN2O2S. The van der Waals surface area contributed by atoms with E-state index in [4.69, 9.17) is 10.7 Å². The van der Waals surface area contributed by atoms with Crippen molar-refractivity contribution in [2.75, 3.05) is 19.6 Å². The Hall–Kier alpha value is 0.160. The summed E-state index contributed by atoms with van der Waals surface area (Å²) in [5.41, 5.74) is 0. The van der Waals surface area contributed by atoms with E-state index in [1.54, 1.807) is 0 Å². The van der Waals surface area contributed by atoms with Crippen LogP contribution >= 0.6 is 10.7 Å². The normalized spacial score (nSPS) is 28.7. The minimum atomic E-state index is -3.51. The van der Waals surface area contributed by atoms with Crippen LogP contribution in [0.5, 0.6) is 0 Å². The lowest BCUT2D eigenvalue weighted by Gasteiger charge is -2.30. The van der Waals surface area contributed by atoms with Crippen molar-refractivity contribution in [3.8, 4) is 0 Å². The van der Waals surface area contributed by atoms with Crippen LogP contribution in [0.1, 0.15) is 6.92 Å². The van der Waals surface area contributed by atoms with Crippen molar-refractivity contribution in [2.45, 2.75) is 13.0 Å². The third-order valence-electron chi connectivity index (χ3n) is 1.72. The fourth-order valence-corrected chi connectivity index (χ4v) is 2.58. The van der Waals surface area contributed by atoms with E-state index in [1.165, 1.54) is 4.31 Å². The summed E-state index contributed by atoms with van der Waals surface area (Å²) in [7, 11) is 1.67. The van der Waals surface area contributed by atoms with E-state index >= 15 is 0 Å². The molecule has 6 heteroatoms. The first-order chi connectivity index (χ1) is 5.02. The second-order valence-corrected chi connectivity index (χ2v) is 5.07. The molecule has 1 fully saturated rings. The maximum absolute atomic E-state index is 10.9. The quantitative estimate of drug-likeness (QED) is 0.592. The molecule has 1 heterocycles. The van der Waals surface area contributed by atoms with E-state index in [1.807, 2.05) is 6.92 Å². The van der Waals surface area contributed by atoms with Crippen molar-refractivity contribution >= 4 is 19.9 Å². The molecule has 0 aliphatic carbocycles. The van der Waals surface area contributed by atoms with Crippen LogP contribution in [0.15, 0.2) is 0 Å². The van der Waals surface area contributed by atoms with Gasteiger partial charge in [-0.2, -0.15) is 12.7 Å². The van der Waals surface area contributed by atoms with Gasteiger partial charge in [0.05, 0.1) is 0 Å². The van der Waals surface area contributed by atoms with Gasteiger partial charge in [-0.25, -0.2) is 0 Å². The standard InChI is InChI=1S/C5H11ClN2O2S/c1-5-4-7-2-3-8(5)11(6,9)10/h5,7H,2-4H2,1H3/t5-/m0/s1. The molecule has 1 N–H and O–H groups in total. The summed E-state index contributed by atoms with van der Waals surface area (Å²) in [4.78, 5) is 0. The summed E-state index contributed by atoms with van der Waals surface area (Å²) in [6.07, 6.45) is 0. The highest BCUT2D eigenvalue weighted by Crippen LogP contribution is 2.12. The number of nitrogens with one attached hydrogen (secondary N) is 1. The molecular weight excluding hydrogens is 188 g/mol. The number of rotatable bonds is 1. The van der Waals surface area contributed by atoms with Crippen LogP contribution < -0.4 is 5.32 Å². The Morgan fingerprint density at radius 2 is 2.27 bits per heavy atom. The second kappa shape index (κ2) is 3.26. The van der Waals surface area contributed by atoms with E-state index < -0.39 is 9.24 Å². The fourth-order valence-electron chi connectivity index (χ4n) is 1.15. The van der Waals surface area contributed by atoms with E-state index in [-0.39, 0.29) is 6.04 Å². The van der Waals surface area contributed by atoms with Crippen LogP contribution in [0.3, 0.4) is 0 Å². The second-order valence-electron chi connectivity index (χ2n) is 2.61. The number of nitrogens with zero attached hydrogens (tertiary/aromatic N) is 1. The molecule has 4 nitrogen and oxygen atoms in total. The fraction of sp³-hybridized carbons (Fsp3) is 1.00. The Morgan fingerprint density at radius 1 is 1.64 bits per heavy atom. The smallest absolute Gasteiger partial charge is 0.300 e. The molecule has 1 atom stereocenters. The molecule has 11 heavy (non-hydrogen) atoms. The zero-order valence-electron chi connectivity index (χ0n) is 6.25. The van der Waals surface area contributed by atoms with Crippen LogP contribution in [0.25, 0.3) is 0 Å². The molecule has 0 amide bonds. The highest BCUT2D eigenvalue weighted by atomic mass is 35.7. The molecule has 66 valence electrons. The first-order valence-electron chi connectivity index (χ1n) is 3.44. The number of hydrogen-bond donors (Lipinski definition) is 1. The van der Waals surface area contributed by atoms with Gasteiger partial charge in [0.15, 0.2) is 0 Å². The lowest BCUT2D eigenvalue weighted by atomic mass is 10.3. The van der Waals surface area contributed by atoms with Gasteiger partial charge in [-0.1, -0.05) is 0 Å². The molecule has 0 spiro atoms. The zero-order valence-corrected chi connectivity index (χ0v) is 7.82. The van der Waals surface area contributed by atoms with E-state index in [9.17, 15) is 8.42 Å². The molecule has 1 saturated heterocycles. The van der Waals surface area contributed by atoms with Crippen LogP contribution in [0.4, 0.5) is 0 Å². The third kappa shape index (κ3) is 2.30. The van der Waals surface area contributed by atoms with Crippen molar-refractivity contribution in [1.82, 2.24) is 9.62 Å². The maximum atomic E-state index is 10.9. The van der Waals surface area contributed by atoms with Gasteiger partial charge in [-0.3, -0.25) is 0 Å². The molecule has 0 unspecified atom stereocenters. The van der Waals surface area contributed by atoms with Gasteiger partial charge in [0.2, 0.25) is 0 Å². The number of halogens is 1. The summed E-state index contributed by atoms with van der Waals surface area (Å²) < 4.78 is 23.0. The Morgan fingerprint density at radius 3 is 2.64 bits per heavy atom. The summed E-state index contributed by atoms with van der Waals surface area (Å²) in [6.45, 7) is 3.64. The van der Waals surface area contributed by atoms with Gasteiger partial charge in [-0.15, -0.1) is 0 Å². The Kier molecular flexibility index (Phi) is 2.74. The first kappa shape index (κ1) is 9.25. The van der Waals surface area contributed by atoms with Crippen molar-refractivity contribution in [3.63, 3.8) is 0 Å². The van der Waals surface area contributed by atoms with Crippen LogP contribution in [0.2, 0.25) is 0 Å². The molecule has 1 rings (SSSR count). The summed E-state index contributed by atoms with van der Waals surface area (Å²) >= 11 is 0. The van der Waals surface area contributed by atoms with E-state index in [0.717, 1.165) is 0 Å². The lowest BCUT2D eigenvalue weighted by Crippen LogP contribution is -2.50. The van der Waals surface area contributed by atoms with Crippen molar-refractivity contribution in [2.24, 2.45) is 0 Å². The predicted molar refractivity (Wildman–Crippen MR) is 43.8 cm³/mol. The molecule has 1 aliphatic heterocycles. The Bertz CT molecular complexity index is 229. The molecule has 0 aromatic carbocycles. The first-order valence-corrected chi connectivity index (χ1v) is 5.70.